The van der Waals surface area contributed by atoms with Crippen molar-refractivity contribution in [3.05, 3.63) is 59.2 Å². The molecule has 1 heterocycles. The van der Waals surface area contributed by atoms with Crippen LogP contribution in [0.1, 0.15) is 55.7 Å². The molecule has 3 unspecified atom stereocenters. The normalized spacial score (nSPS) is 32.3. The van der Waals surface area contributed by atoms with E-state index < -0.39 is 0 Å². The molecular formula is C28H35NO3. The number of nitrogens with one attached hydrogen (secondary N) is 1. The number of rotatable bonds is 8. The van der Waals surface area contributed by atoms with Gasteiger partial charge in [0.25, 0.3) is 0 Å². The standard InChI is InChI=1S/C28H35NO3/c1-3-28-21-12-14-24(30-2)27(28)32-26-23(31-17-19-7-5-4-6-8-19)13-11-20(25(26)28)15-22(21)29-16-18-9-10-18/h4-8,11,13,18,21-22,24,27,29H,3,9-10,12,14-17H2,1-2H3/t21?,22?,24?,27-,28-/m0/s1. The summed E-state index contributed by atoms with van der Waals surface area (Å²) in [5.74, 6) is 3.35. The maximum absolute atomic E-state index is 6.83. The number of hydrogen-bond acceptors (Lipinski definition) is 4. The van der Waals surface area contributed by atoms with E-state index in [9.17, 15) is 0 Å². The van der Waals surface area contributed by atoms with Crippen molar-refractivity contribution in [2.24, 2.45) is 11.8 Å². The molecule has 2 aromatic rings. The average Bonchev–Trinajstić information content (AvgIpc) is 3.60. The molecule has 0 radical (unpaired) electrons. The van der Waals surface area contributed by atoms with Crippen LogP contribution in [0.2, 0.25) is 0 Å². The summed E-state index contributed by atoms with van der Waals surface area (Å²) in [6, 6.07) is 15.3. The third-order valence-electron chi connectivity index (χ3n) is 8.60. The molecule has 4 aliphatic rings. The SMILES string of the molecule is CC[C@]12c3c4ccc(OCc5ccccc5)c3O[C@H]1C(OC)CCC2C(NCC1CC1)C4. The summed E-state index contributed by atoms with van der Waals surface area (Å²) in [5, 5.41) is 3.99. The minimum atomic E-state index is 0.00911. The van der Waals surface area contributed by atoms with Gasteiger partial charge in [0.2, 0.25) is 0 Å². The van der Waals surface area contributed by atoms with Gasteiger partial charge in [0, 0.05) is 24.1 Å². The van der Waals surface area contributed by atoms with Gasteiger partial charge in [-0.1, -0.05) is 43.3 Å². The van der Waals surface area contributed by atoms with E-state index in [-0.39, 0.29) is 17.6 Å². The molecule has 0 bridgehead atoms. The van der Waals surface area contributed by atoms with E-state index in [4.69, 9.17) is 14.2 Å². The van der Waals surface area contributed by atoms with Gasteiger partial charge in [-0.2, -0.15) is 0 Å². The smallest absolute Gasteiger partial charge is 0.165 e. The van der Waals surface area contributed by atoms with E-state index in [0.717, 1.165) is 36.7 Å². The molecule has 0 saturated heterocycles. The van der Waals surface area contributed by atoms with Crippen LogP contribution in [0.4, 0.5) is 0 Å². The van der Waals surface area contributed by atoms with Gasteiger partial charge in [0.1, 0.15) is 12.7 Å². The summed E-state index contributed by atoms with van der Waals surface area (Å²) < 4.78 is 19.2. The van der Waals surface area contributed by atoms with Crippen molar-refractivity contribution in [1.29, 1.82) is 0 Å². The molecule has 0 aromatic heterocycles. The van der Waals surface area contributed by atoms with E-state index in [0.29, 0.717) is 18.6 Å². The van der Waals surface area contributed by atoms with Crippen molar-refractivity contribution in [3.8, 4) is 11.5 Å². The van der Waals surface area contributed by atoms with Crippen LogP contribution in [-0.4, -0.2) is 31.9 Å². The van der Waals surface area contributed by atoms with E-state index in [1.807, 2.05) is 13.2 Å². The first-order valence-electron chi connectivity index (χ1n) is 12.5. The predicted molar refractivity (Wildman–Crippen MR) is 125 cm³/mol. The van der Waals surface area contributed by atoms with Gasteiger partial charge >= 0.3 is 0 Å². The molecule has 6 rings (SSSR count). The Morgan fingerprint density at radius 2 is 1.91 bits per heavy atom. The Bertz CT molecular complexity index is 972. The van der Waals surface area contributed by atoms with Gasteiger partial charge in [0.05, 0.1) is 6.10 Å². The zero-order valence-corrected chi connectivity index (χ0v) is 19.3. The van der Waals surface area contributed by atoms with E-state index >= 15 is 0 Å². The van der Waals surface area contributed by atoms with E-state index in [2.05, 4.69) is 48.6 Å². The maximum Gasteiger partial charge on any atom is 0.165 e. The molecule has 2 saturated carbocycles. The molecule has 4 heteroatoms. The summed E-state index contributed by atoms with van der Waals surface area (Å²) >= 11 is 0. The highest BCUT2D eigenvalue weighted by atomic mass is 16.6. The predicted octanol–water partition coefficient (Wildman–Crippen LogP) is 5.02. The van der Waals surface area contributed by atoms with E-state index in [1.165, 1.54) is 42.5 Å². The first-order chi connectivity index (χ1) is 15.7. The minimum absolute atomic E-state index is 0.00911. The van der Waals surface area contributed by atoms with Gasteiger partial charge < -0.3 is 19.5 Å². The fourth-order valence-corrected chi connectivity index (χ4v) is 6.86. The Balaban J connectivity index is 1.38. The Morgan fingerprint density at radius 3 is 2.66 bits per heavy atom. The highest BCUT2D eigenvalue weighted by Gasteiger charge is 2.63. The second kappa shape index (κ2) is 8.07. The molecular weight excluding hydrogens is 398 g/mol. The zero-order valence-electron chi connectivity index (χ0n) is 19.3. The zero-order chi connectivity index (χ0) is 21.7. The summed E-state index contributed by atoms with van der Waals surface area (Å²) in [6.45, 7) is 4.07. The highest BCUT2D eigenvalue weighted by molar-refractivity contribution is 5.60. The Morgan fingerprint density at radius 1 is 1.06 bits per heavy atom. The highest BCUT2D eigenvalue weighted by Crippen LogP contribution is 2.62. The lowest BCUT2D eigenvalue weighted by Crippen LogP contribution is -2.62. The average molecular weight is 434 g/mol. The molecule has 3 aliphatic carbocycles. The molecule has 0 spiro atoms. The minimum Gasteiger partial charge on any atom is -0.485 e. The Labute approximate surface area is 191 Å². The van der Waals surface area contributed by atoms with Crippen LogP contribution in [0.25, 0.3) is 0 Å². The fraction of sp³-hybridized carbons (Fsp3) is 0.571. The second-order valence-electron chi connectivity index (χ2n) is 10.3. The lowest BCUT2D eigenvalue weighted by atomic mass is 9.53. The molecule has 5 atom stereocenters. The van der Waals surface area contributed by atoms with Crippen LogP contribution >= 0.6 is 0 Å². The van der Waals surface area contributed by atoms with Crippen molar-refractivity contribution >= 4 is 0 Å². The second-order valence-corrected chi connectivity index (χ2v) is 10.3. The third kappa shape index (κ3) is 3.18. The van der Waals surface area contributed by atoms with Crippen LogP contribution in [0.5, 0.6) is 11.5 Å². The van der Waals surface area contributed by atoms with Crippen LogP contribution in [0.15, 0.2) is 42.5 Å². The first-order valence-corrected chi connectivity index (χ1v) is 12.5. The lowest BCUT2D eigenvalue weighted by molar-refractivity contribution is -0.0824. The number of benzene rings is 2. The van der Waals surface area contributed by atoms with Gasteiger partial charge in [-0.25, -0.2) is 0 Å². The fourth-order valence-electron chi connectivity index (χ4n) is 6.86. The van der Waals surface area contributed by atoms with Crippen molar-refractivity contribution in [1.82, 2.24) is 5.32 Å². The van der Waals surface area contributed by atoms with Crippen LogP contribution in [0.3, 0.4) is 0 Å². The van der Waals surface area contributed by atoms with Crippen molar-refractivity contribution < 1.29 is 14.2 Å². The van der Waals surface area contributed by atoms with E-state index in [1.54, 1.807) is 0 Å². The van der Waals surface area contributed by atoms with Crippen LogP contribution in [0, 0.1) is 11.8 Å². The summed E-state index contributed by atoms with van der Waals surface area (Å²) in [5.41, 5.74) is 4.05. The molecule has 170 valence electrons. The molecule has 1 N–H and O–H groups in total. The Hall–Kier alpha value is -2.04. The van der Waals surface area contributed by atoms with Gasteiger partial charge in [-0.15, -0.1) is 0 Å². The topological polar surface area (TPSA) is 39.7 Å². The van der Waals surface area contributed by atoms with Crippen molar-refractivity contribution in [2.75, 3.05) is 13.7 Å². The van der Waals surface area contributed by atoms with Gasteiger partial charge in [-0.05, 0) is 74.1 Å². The summed E-state index contributed by atoms with van der Waals surface area (Å²) in [4.78, 5) is 0. The first kappa shape index (κ1) is 20.6. The van der Waals surface area contributed by atoms with Crippen molar-refractivity contribution in [3.63, 3.8) is 0 Å². The molecule has 0 amide bonds. The number of methoxy groups -OCH3 is 1. The quantitative estimate of drug-likeness (QED) is 0.634. The summed E-state index contributed by atoms with van der Waals surface area (Å²) in [6.07, 6.45) is 7.42. The van der Waals surface area contributed by atoms with Gasteiger partial charge in [0.15, 0.2) is 11.5 Å². The number of hydrogen-bond donors (Lipinski definition) is 1. The van der Waals surface area contributed by atoms with Crippen LogP contribution < -0.4 is 14.8 Å². The molecule has 4 nitrogen and oxygen atoms in total. The maximum atomic E-state index is 6.83. The van der Waals surface area contributed by atoms with Gasteiger partial charge in [-0.3, -0.25) is 0 Å². The third-order valence-corrected chi connectivity index (χ3v) is 8.60. The molecule has 1 aliphatic heterocycles. The summed E-state index contributed by atoms with van der Waals surface area (Å²) in [7, 11) is 1.85. The largest absolute Gasteiger partial charge is 0.485 e. The molecule has 2 aromatic carbocycles. The molecule has 32 heavy (non-hydrogen) atoms. The Kier molecular flexibility index (Phi) is 5.19. The molecule has 2 fully saturated rings. The monoisotopic (exact) mass is 433 g/mol. The van der Waals surface area contributed by atoms with Crippen molar-refractivity contribution in [2.45, 2.75) is 75.7 Å². The van der Waals surface area contributed by atoms with Crippen LogP contribution in [-0.2, 0) is 23.2 Å². The number of ether oxygens (including phenoxy) is 3. The lowest BCUT2D eigenvalue weighted by Gasteiger charge is -2.53.